The molecule has 0 aliphatic rings. The lowest BCUT2D eigenvalue weighted by atomic mass is 10.1. The van der Waals surface area contributed by atoms with Crippen molar-refractivity contribution in [3.8, 4) is 0 Å². The molecule has 0 radical (unpaired) electrons. The van der Waals surface area contributed by atoms with Crippen molar-refractivity contribution >= 4 is 17.3 Å². The van der Waals surface area contributed by atoms with Gasteiger partial charge < -0.3 is 10.3 Å². The summed E-state index contributed by atoms with van der Waals surface area (Å²) in [5, 5.41) is 3.13. The predicted octanol–water partition coefficient (Wildman–Crippen LogP) is 3.35. The highest BCUT2D eigenvalue weighted by Gasteiger charge is 2.15. The van der Waals surface area contributed by atoms with Crippen LogP contribution >= 0.6 is 11.6 Å². The Morgan fingerprint density at radius 3 is 2.70 bits per heavy atom. The van der Waals surface area contributed by atoms with Gasteiger partial charge in [0.15, 0.2) is 0 Å². The summed E-state index contributed by atoms with van der Waals surface area (Å²) in [6.45, 7) is 5.32. The van der Waals surface area contributed by atoms with Crippen molar-refractivity contribution < 1.29 is 4.39 Å². The van der Waals surface area contributed by atoms with Crippen LogP contribution in [0.5, 0.6) is 0 Å². The molecule has 0 saturated carbocycles. The number of rotatable bonds is 3. The lowest BCUT2D eigenvalue weighted by Crippen LogP contribution is -2.23. The lowest BCUT2D eigenvalue weighted by Gasteiger charge is -2.17. The maximum absolute atomic E-state index is 13.4. The molecule has 0 fully saturated rings. The van der Waals surface area contributed by atoms with E-state index in [9.17, 15) is 9.18 Å². The van der Waals surface area contributed by atoms with Gasteiger partial charge in [-0.2, -0.15) is 0 Å². The first-order valence-corrected chi connectivity index (χ1v) is 6.55. The average molecular weight is 296 g/mol. The Labute approximate surface area is 121 Å². The van der Waals surface area contributed by atoms with E-state index in [1.54, 1.807) is 19.9 Å². The van der Waals surface area contributed by atoms with Gasteiger partial charge >= 0.3 is 0 Å². The van der Waals surface area contributed by atoms with Gasteiger partial charge in [0.25, 0.3) is 5.56 Å². The first kappa shape index (κ1) is 14.5. The third kappa shape index (κ3) is 2.99. The number of halogens is 2. The molecule has 20 heavy (non-hydrogen) atoms. The molecule has 2 aromatic rings. The molecule has 4 nitrogen and oxygen atoms in total. The molecular weight excluding hydrogens is 281 g/mol. The zero-order valence-corrected chi connectivity index (χ0v) is 12.2. The zero-order valence-electron chi connectivity index (χ0n) is 11.4. The van der Waals surface area contributed by atoms with E-state index in [0.717, 1.165) is 0 Å². The number of H-pyrrole nitrogens is 1. The van der Waals surface area contributed by atoms with Gasteiger partial charge in [0, 0.05) is 5.69 Å². The molecule has 1 heterocycles. The summed E-state index contributed by atoms with van der Waals surface area (Å²) >= 11 is 5.63. The summed E-state index contributed by atoms with van der Waals surface area (Å²) in [7, 11) is 0. The van der Waals surface area contributed by atoms with Crippen molar-refractivity contribution in [3.05, 3.63) is 56.5 Å². The third-order valence-corrected chi connectivity index (χ3v) is 3.31. The van der Waals surface area contributed by atoms with Crippen molar-refractivity contribution in [2.24, 2.45) is 0 Å². The highest BCUT2D eigenvalue weighted by atomic mass is 35.5. The van der Waals surface area contributed by atoms with Crippen LogP contribution in [0.2, 0.25) is 5.02 Å². The van der Waals surface area contributed by atoms with E-state index in [-0.39, 0.29) is 16.6 Å². The van der Waals surface area contributed by atoms with Crippen LogP contribution < -0.4 is 10.9 Å². The number of nitrogens with zero attached hydrogens (tertiary/aromatic N) is 1. The van der Waals surface area contributed by atoms with Gasteiger partial charge in [-0.1, -0.05) is 11.6 Å². The minimum atomic E-state index is -0.503. The van der Waals surface area contributed by atoms with E-state index in [1.165, 1.54) is 12.1 Å². The Kier molecular flexibility index (Phi) is 4.09. The lowest BCUT2D eigenvalue weighted by molar-refractivity contribution is 0.628. The van der Waals surface area contributed by atoms with Crippen molar-refractivity contribution in [2.45, 2.75) is 26.8 Å². The van der Waals surface area contributed by atoms with Crippen LogP contribution in [0.15, 0.2) is 23.0 Å². The summed E-state index contributed by atoms with van der Waals surface area (Å²) in [5.41, 5.74) is 1.55. The molecular formula is C14H15ClFN3O. The van der Waals surface area contributed by atoms with E-state index in [1.807, 2.05) is 6.92 Å². The molecule has 1 unspecified atom stereocenters. The van der Waals surface area contributed by atoms with Crippen LogP contribution in [0.25, 0.3) is 0 Å². The number of benzene rings is 1. The second-order valence-electron chi connectivity index (χ2n) is 4.65. The van der Waals surface area contributed by atoms with Crippen LogP contribution in [-0.4, -0.2) is 9.97 Å². The van der Waals surface area contributed by atoms with Crippen molar-refractivity contribution in [1.82, 2.24) is 9.97 Å². The van der Waals surface area contributed by atoms with Crippen LogP contribution in [0.4, 0.5) is 10.1 Å². The molecule has 0 spiro atoms. The van der Waals surface area contributed by atoms with Gasteiger partial charge in [-0.05, 0) is 39.0 Å². The number of aromatic amines is 1. The highest BCUT2D eigenvalue weighted by molar-refractivity contribution is 6.30. The van der Waals surface area contributed by atoms with Gasteiger partial charge in [-0.3, -0.25) is 4.79 Å². The standard InChI is InChI=1S/C14H15ClFN3O/c1-7-13(14(20)19-9(3)17-7)8(2)18-10-4-5-11(15)12(16)6-10/h4-6,8,18H,1-3H3,(H,17,19,20). The zero-order chi connectivity index (χ0) is 14.9. The second-order valence-corrected chi connectivity index (χ2v) is 5.05. The Bertz CT molecular complexity index is 699. The summed E-state index contributed by atoms with van der Waals surface area (Å²) in [4.78, 5) is 18.9. The maximum atomic E-state index is 13.4. The molecule has 0 aliphatic heterocycles. The van der Waals surface area contributed by atoms with E-state index >= 15 is 0 Å². The number of hydrogen-bond donors (Lipinski definition) is 2. The van der Waals surface area contributed by atoms with E-state index in [0.29, 0.717) is 22.8 Å². The van der Waals surface area contributed by atoms with Crippen LogP contribution in [0.1, 0.15) is 30.0 Å². The quantitative estimate of drug-likeness (QED) is 0.913. The van der Waals surface area contributed by atoms with Crippen LogP contribution in [-0.2, 0) is 0 Å². The molecule has 1 atom stereocenters. The van der Waals surface area contributed by atoms with Crippen molar-refractivity contribution in [3.63, 3.8) is 0 Å². The average Bonchev–Trinajstić information content (AvgIpc) is 2.32. The fraction of sp³-hybridized carbons (Fsp3) is 0.286. The third-order valence-electron chi connectivity index (χ3n) is 3.00. The minimum Gasteiger partial charge on any atom is -0.378 e. The number of aryl methyl sites for hydroxylation is 2. The molecule has 0 saturated heterocycles. The van der Waals surface area contributed by atoms with Crippen LogP contribution in [0, 0.1) is 19.7 Å². The smallest absolute Gasteiger partial charge is 0.256 e. The van der Waals surface area contributed by atoms with E-state index in [2.05, 4.69) is 15.3 Å². The molecule has 0 amide bonds. The predicted molar refractivity (Wildman–Crippen MR) is 77.8 cm³/mol. The summed E-state index contributed by atoms with van der Waals surface area (Å²) in [6, 6.07) is 4.13. The SMILES string of the molecule is Cc1nc(C)c(C(C)Nc2ccc(Cl)c(F)c2)c(=O)[nH]1. The molecule has 1 aromatic carbocycles. The fourth-order valence-corrected chi connectivity index (χ4v) is 2.27. The Hall–Kier alpha value is -1.88. The minimum absolute atomic E-state index is 0.0641. The first-order chi connectivity index (χ1) is 9.38. The van der Waals surface area contributed by atoms with Crippen LogP contribution in [0.3, 0.4) is 0 Å². The molecule has 0 bridgehead atoms. The van der Waals surface area contributed by atoms with E-state index in [4.69, 9.17) is 11.6 Å². The second kappa shape index (κ2) is 5.63. The molecule has 1 aromatic heterocycles. The number of nitrogens with one attached hydrogen (secondary N) is 2. The largest absolute Gasteiger partial charge is 0.378 e. The Morgan fingerprint density at radius 1 is 1.40 bits per heavy atom. The molecule has 106 valence electrons. The summed E-state index contributed by atoms with van der Waals surface area (Å²) < 4.78 is 13.4. The fourth-order valence-electron chi connectivity index (χ4n) is 2.15. The van der Waals surface area contributed by atoms with Gasteiger partial charge in [0.05, 0.1) is 22.3 Å². The topological polar surface area (TPSA) is 57.8 Å². The molecule has 6 heteroatoms. The highest BCUT2D eigenvalue weighted by Crippen LogP contribution is 2.22. The van der Waals surface area contributed by atoms with Gasteiger partial charge in [0.2, 0.25) is 0 Å². The normalized spacial score (nSPS) is 12.2. The van der Waals surface area contributed by atoms with Gasteiger partial charge in [-0.25, -0.2) is 9.37 Å². The van der Waals surface area contributed by atoms with Crippen molar-refractivity contribution in [2.75, 3.05) is 5.32 Å². The Morgan fingerprint density at radius 2 is 2.10 bits per heavy atom. The number of hydrogen-bond acceptors (Lipinski definition) is 3. The molecule has 2 rings (SSSR count). The maximum Gasteiger partial charge on any atom is 0.256 e. The first-order valence-electron chi connectivity index (χ1n) is 6.17. The molecule has 0 aliphatic carbocycles. The number of aromatic nitrogens is 2. The number of anilines is 1. The monoisotopic (exact) mass is 295 g/mol. The van der Waals surface area contributed by atoms with Gasteiger partial charge in [-0.15, -0.1) is 0 Å². The Balaban J connectivity index is 2.30. The summed E-state index contributed by atoms with van der Waals surface area (Å²) in [5.74, 6) is 0.0671. The van der Waals surface area contributed by atoms with E-state index < -0.39 is 5.82 Å². The molecule has 2 N–H and O–H groups in total. The summed E-state index contributed by atoms with van der Waals surface area (Å²) in [6.07, 6.45) is 0. The van der Waals surface area contributed by atoms with Crippen molar-refractivity contribution in [1.29, 1.82) is 0 Å². The van der Waals surface area contributed by atoms with Gasteiger partial charge in [0.1, 0.15) is 11.6 Å².